The third kappa shape index (κ3) is 4.30. The Morgan fingerprint density at radius 1 is 1.25 bits per heavy atom. The van der Waals surface area contributed by atoms with E-state index in [-0.39, 0.29) is 18.0 Å². The van der Waals surface area contributed by atoms with E-state index in [0.717, 1.165) is 22.4 Å². The van der Waals surface area contributed by atoms with Crippen LogP contribution in [0.5, 0.6) is 0 Å². The van der Waals surface area contributed by atoms with Gasteiger partial charge in [-0.1, -0.05) is 25.3 Å². The van der Waals surface area contributed by atoms with Gasteiger partial charge in [0.2, 0.25) is 0 Å². The molecule has 2 aromatic rings. The van der Waals surface area contributed by atoms with E-state index in [1.54, 1.807) is 11.3 Å². The van der Waals surface area contributed by atoms with Crippen molar-refractivity contribution in [2.24, 2.45) is 5.92 Å². The van der Waals surface area contributed by atoms with Crippen molar-refractivity contribution < 1.29 is 4.79 Å². The SMILES string of the molecule is C/C=C(/c1scc(C(=O)NCc2c(C)cc(C)[nH]c2=O)c1C)C1CCCCC1. The maximum Gasteiger partial charge on any atom is 0.253 e. The molecule has 0 atom stereocenters. The summed E-state index contributed by atoms with van der Waals surface area (Å²) in [5.41, 5.74) is 5.38. The van der Waals surface area contributed by atoms with Gasteiger partial charge >= 0.3 is 0 Å². The largest absolute Gasteiger partial charge is 0.348 e. The van der Waals surface area contributed by atoms with Crippen molar-refractivity contribution in [3.8, 4) is 0 Å². The molecule has 0 aliphatic heterocycles. The third-order valence-corrected chi connectivity index (χ3v) is 6.95. The van der Waals surface area contributed by atoms with Crippen LogP contribution in [-0.2, 0) is 6.54 Å². The Morgan fingerprint density at radius 3 is 2.61 bits per heavy atom. The molecule has 0 spiro atoms. The van der Waals surface area contributed by atoms with E-state index >= 15 is 0 Å². The average molecular weight is 399 g/mol. The van der Waals surface area contributed by atoms with E-state index in [4.69, 9.17) is 0 Å². The average Bonchev–Trinajstić information content (AvgIpc) is 3.04. The van der Waals surface area contributed by atoms with Gasteiger partial charge in [-0.15, -0.1) is 11.3 Å². The summed E-state index contributed by atoms with van der Waals surface area (Å²) in [4.78, 5) is 29.0. The standard InChI is InChI=1S/C23H30N2O2S/c1-5-18(17-9-7-6-8-10-17)21-16(4)20(13-28-21)22(26)24-12-19-14(2)11-15(3)25-23(19)27/h5,11,13,17H,6-10,12H2,1-4H3,(H,24,26)(H,25,27)/b18-5+. The molecule has 3 rings (SSSR count). The molecule has 2 aromatic heterocycles. The second-order valence-corrected chi connectivity index (χ2v) is 8.69. The van der Waals surface area contributed by atoms with Gasteiger partial charge in [0.05, 0.1) is 5.56 Å². The second-order valence-electron chi connectivity index (χ2n) is 7.81. The molecule has 0 saturated heterocycles. The van der Waals surface area contributed by atoms with Gasteiger partial charge in [0.1, 0.15) is 0 Å². The van der Waals surface area contributed by atoms with E-state index in [1.807, 2.05) is 32.2 Å². The van der Waals surface area contributed by atoms with Crippen molar-refractivity contribution in [1.82, 2.24) is 10.3 Å². The number of aryl methyl sites for hydroxylation is 2. The predicted octanol–water partition coefficient (Wildman–Crippen LogP) is 5.28. The van der Waals surface area contributed by atoms with Gasteiger partial charge in [-0.25, -0.2) is 0 Å². The van der Waals surface area contributed by atoms with Crippen LogP contribution < -0.4 is 10.9 Å². The van der Waals surface area contributed by atoms with Crippen molar-refractivity contribution >= 4 is 22.8 Å². The van der Waals surface area contributed by atoms with Gasteiger partial charge in [-0.2, -0.15) is 0 Å². The monoisotopic (exact) mass is 398 g/mol. The van der Waals surface area contributed by atoms with Gasteiger partial charge in [-0.3, -0.25) is 9.59 Å². The first-order chi connectivity index (χ1) is 13.4. The highest BCUT2D eigenvalue weighted by atomic mass is 32.1. The highest BCUT2D eigenvalue weighted by Crippen LogP contribution is 2.39. The van der Waals surface area contributed by atoms with Crippen LogP contribution in [0.2, 0.25) is 0 Å². The number of carbonyl (C=O) groups excluding carboxylic acids is 1. The molecule has 1 aliphatic rings. The second kappa shape index (κ2) is 8.91. The lowest BCUT2D eigenvalue weighted by molar-refractivity contribution is 0.0950. The molecule has 1 saturated carbocycles. The number of allylic oxidation sites excluding steroid dienone is 2. The fourth-order valence-corrected chi connectivity index (χ4v) is 5.48. The van der Waals surface area contributed by atoms with Crippen LogP contribution in [-0.4, -0.2) is 10.9 Å². The number of H-pyrrole nitrogens is 1. The molecule has 28 heavy (non-hydrogen) atoms. The zero-order valence-electron chi connectivity index (χ0n) is 17.3. The van der Waals surface area contributed by atoms with Crippen molar-refractivity contribution in [3.05, 3.63) is 60.7 Å². The molecule has 4 nitrogen and oxygen atoms in total. The lowest BCUT2D eigenvalue weighted by atomic mass is 9.82. The topological polar surface area (TPSA) is 62.0 Å². The maximum absolute atomic E-state index is 12.8. The van der Waals surface area contributed by atoms with E-state index < -0.39 is 0 Å². The molecular formula is C23H30N2O2S. The first-order valence-electron chi connectivity index (χ1n) is 10.1. The van der Waals surface area contributed by atoms with Gasteiger partial charge in [0, 0.05) is 28.1 Å². The molecule has 0 radical (unpaired) electrons. The zero-order valence-corrected chi connectivity index (χ0v) is 18.1. The fourth-order valence-electron chi connectivity index (χ4n) is 4.26. The highest BCUT2D eigenvalue weighted by molar-refractivity contribution is 7.11. The number of amides is 1. The number of hydrogen-bond donors (Lipinski definition) is 2. The molecule has 0 bridgehead atoms. The number of aromatic nitrogens is 1. The van der Waals surface area contributed by atoms with Crippen LogP contribution in [0.4, 0.5) is 0 Å². The van der Waals surface area contributed by atoms with E-state index in [9.17, 15) is 9.59 Å². The molecule has 2 N–H and O–H groups in total. The summed E-state index contributed by atoms with van der Waals surface area (Å²) in [7, 11) is 0. The normalized spacial score (nSPS) is 15.6. The van der Waals surface area contributed by atoms with Crippen molar-refractivity contribution in [2.75, 3.05) is 0 Å². The highest BCUT2D eigenvalue weighted by Gasteiger charge is 2.23. The van der Waals surface area contributed by atoms with Crippen LogP contribution in [0, 0.1) is 26.7 Å². The smallest absolute Gasteiger partial charge is 0.253 e. The van der Waals surface area contributed by atoms with Crippen LogP contribution in [0.1, 0.15) is 76.6 Å². The molecule has 0 unspecified atom stereocenters. The van der Waals surface area contributed by atoms with E-state index in [0.29, 0.717) is 11.5 Å². The lowest BCUT2D eigenvalue weighted by Crippen LogP contribution is -2.28. The minimum Gasteiger partial charge on any atom is -0.348 e. The Balaban J connectivity index is 1.76. The minimum absolute atomic E-state index is 0.113. The van der Waals surface area contributed by atoms with Crippen LogP contribution in [0.25, 0.3) is 5.57 Å². The van der Waals surface area contributed by atoms with Crippen molar-refractivity contribution in [3.63, 3.8) is 0 Å². The summed E-state index contributed by atoms with van der Waals surface area (Å²) >= 11 is 1.66. The van der Waals surface area contributed by atoms with Gasteiger partial charge in [-0.05, 0) is 69.2 Å². The summed E-state index contributed by atoms with van der Waals surface area (Å²) in [5.74, 6) is 0.499. The molecule has 0 aromatic carbocycles. The summed E-state index contributed by atoms with van der Waals surface area (Å²) in [6, 6.07) is 1.93. The molecule has 150 valence electrons. The number of pyridine rings is 1. The molecule has 5 heteroatoms. The van der Waals surface area contributed by atoms with Crippen LogP contribution in [0.3, 0.4) is 0 Å². The van der Waals surface area contributed by atoms with Gasteiger partial charge in [0.15, 0.2) is 0 Å². The Hall–Kier alpha value is -2.14. The third-order valence-electron chi connectivity index (χ3n) is 5.82. The Labute approximate surface area is 171 Å². The summed E-state index contributed by atoms with van der Waals surface area (Å²) in [5, 5.41) is 4.89. The molecular weight excluding hydrogens is 368 g/mol. The lowest BCUT2D eigenvalue weighted by Gasteiger charge is -2.24. The van der Waals surface area contributed by atoms with E-state index in [1.165, 1.54) is 42.6 Å². The number of carbonyl (C=O) groups is 1. The maximum atomic E-state index is 12.8. The quantitative estimate of drug-likeness (QED) is 0.720. The zero-order chi connectivity index (χ0) is 20.3. The Morgan fingerprint density at radius 2 is 1.96 bits per heavy atom. The predicted molar refractivity (Wildman–Crippen MR) is 117 cm³/mol. The number of nitrogens with one attached hydrogen (secondary N) is 2. The summed E-state index contributed by atoms with van der Waals surface area (Å²) < 4.78 is 0. The number of thiophene rings is 1. The van der Waals surface area contributed by atoms with Crippen molar-refractivity contribution in [2.45, 2.75) is 66.3 Å². The van der Waals surface area contributed by atoms with Crippen LogP contribution in [0.15, 0.2) is 22.3 Å². The van der Waals surface area contributed by atoms with Gasteiger partial charge in [0.25, 0.3) is 11.5 Å². The first kappa shape index (κ1) is 20.6. The minimum atomic E-state index is -0.131. The van der Waals surface area contributed by atoms with Crippen LogP contribution >= 0.6 is 11.3 Å². The molecule has 1 aliphatic carbocycles. The summed E-state index contributed by atoms with van der Waals surface area (Å²) in [6.45, 7) is 8.15. The van der Waals surface area contributed by atoms with Gasteiger partial charge < -0.3 is 10.3 Å². The Bertz CT molecular complexity index is 946. The van der Waals surface area contributed by atoms with E-state index in [2.05, 4.69) is 23.3 Å². The first-order valence-corrected chi connectivity index (χ1v) is 11.0. The molecule has 1 amide bonds. The number of aromatic amines is 1. The molecule has 2 heterocycles. The molecule has 1 fully saturated rings. The number of hydrogen-bond acceptors (Lipinski definition) is 3. The number of rotatable bonds is 5. The Kier molecular flexibility index (Phi) is 6.55. The summed E-state index contributed by atoms with van der Waals surface area (Å²) in [6.07, 6.45) is 8.64. The van der Waals surface area contributed by atoms with Crippen molar-refractivity contribution in [1.29, 1.82) is 0 Å². The fraction of sp³-hybridized carbons (Fsp3) is 0.478.